The fourth-order valence-corrected chi connectivity index (χ4v) is 2.52. The Bertz CT molecular complexity index is 456. The Hall–Kier alpha value is -1.06. The summed E-state index contributed by atoms with van der Waals surface area (Å²) >= 11 is 0. The van der Waals surface area contributed by atoms with Gasteiger partial charge in [0.2, 0.25) is 0 Å². The molecule has 2 rings (SSSR count). The lowest BCUT2D eigenvalue weighted by molar-refractivity contribution is -0.280. The third kappa shape index (κ3) is 5.22. The second-order valence-electron chi connectivity index (χ2n) is 5.44. The summed E-state index contributed by atoms with van der Waals surface area (Å²) in [6, 6.07) is 9.53. The summed E-state index contributed by atoms with van der Waals surface area (Å²) in [5.41, 5.74) is 0.882. The molecule has 1 aromatic rings. The van der Waals surface area contributed by atoms with Gasteiger partial charge in [-0.25, -0.2) is 0 Å². The van der Waals surface area contributed by atoms with Crippen molar-refractivity contribution in [1.29, 1.82) is 0 Å². The van der Waals surface area contributed by atoms with E-state index >= 15 is 0 Å². The van der Waals surface area contributed by atoms with E-state index in [1.54, 1.807) is 0 Å². The molecular formula is C17H26O7. The average Bonchev–Trinajstić information content (AvgIpc) is 2.65. The first-order valence-electron chi connectivity index (χ1n) is 8.07. The highest BCUT2D eigenvalue weighted by molar-refractivity contribution is 5.16. The maximum Gasteiger partial charge on any atom is 0.184 e. The first kappa shape index (κ1) is 19.3. The van der Waals surface area contributed by atoms with Crippen LogP contribution in [-0.4, -0.2) is 61.9 Å². The van der Waals surface area contributed by atoms with E-state index in [0.29, 0.717) is 19.6 Å². The maximum atomic E-state index is 10.3. The fourth-order valence-electron chi connectivity index (χ4n) is 2.52. The Morgan fingerprint density at radius 3 is 2.67 bits per heavy atom. The predicted octanol–water partition coefficient (Wildman–Crippen LogP) is 1.20. The lowest BCUT2D eigenvalue weighted by Gasteiger charge is -2.37. The fraction of sp³-hybridized carbons (Fsp3) is 0.647. The highest BCUT2D eigenvalue weighted by Crippen LogP contribution is 2.29. The number of hydrogen-bond acceptors (Lipinski definition) is 7. The molecule has 0 radical (unpaired) electrons. The number of methoxy groups -OCH3 is 1. The molecule has 1 aromatic carbocycles. The van der Waals surface area contributed by atoms with Gasteiger partial charge in [-0.3, -0.25) is 0 Å². The molecule has 5 atom stereocenters. The SMILES string of the molecule is CCOCOC(C1CCOC(c2ccccc2)O1)C(O)C(O)OC. The Balaban J connectivity index is 2.06. The predicted molar refractivity (Wildman–Crippen MR) is 85.0 cm³/mol. The lowest BCUT2D eigenvalue weighted by Crippen LogP contribution is -2.50. The molecule has 1 heterocycles. The molecule has 0 amide bonds. The summed E-state index contributed by atoms with van der Waals surface area (Å²) in [6.45, 7) is 2.77. The van der Waals surface area contributed by atoms with Gasteiger partial charge in [0.1, 0.15) is 19.0 Å². The van der Waals surface area contributed by atoms with E-state index in [9.17, 15) is 10.2 Å². The average molecular weight is 342 g/mol. The van der Waals surface area contributed by atoms with E-state index in [2.05, 4.69) is 0 Å². The van der Waals surface area contributed by atoms with Gasteiger partial charge < -0.3 is 33.9 Å². The van der Waals surface area contributed by atoms with Crippen LogP contribution in [0.5, 0.6) is 0 Å². The van der Waals surface area contributed by atoms with Gasteiger partial charge >= 0.3 is 0 Å². The molecule has 7 heteroatoms. The van der Waals surface area contributed by atoms with Crippen molar-refractivity contribution in [2.45, 2.75) is 44.2 Å². The van der Waals surface area contributed by atoms with Crippen LogP contribution in [0.2, 0.25) is 0 Å². The second kappa shape index (κ2) is 10.0. The number of aliphatic hydroxyl groups is 2. The normalized spacial score (nSPS) is 25.2. The summed E-state index contributed by atoms with van der Waals surface area (Å²) in [6.07, 6.45) is -3.94. The Morgan fingerprint density at radius 1 is 1.25 bits per heavy atom. The highest BCUT2D eigenvalue weighted by Gasteiger charge is 2.38. The minimum atomic E-state index is -1.38. The van der Waals surface area contributed by atoms with Crippen molar-refractivity contribution in [3.8, 4) is 0 Å². The van der Waals surface area contributed by atoms with E-state index in [4.69, 9.17) is 23.7 Å². The number of rotatable bonds is 9. The van der Waals surface area contributed by atoms with Crippen LogP contribution in [0, 0.1) is 0 Å². The molecule has 1 saturated heterocycles. The molecule has 2 N–H and O–H groups in total. The first-order chi connectivity index (χ1) is 11.7. The minimum absolute atomic E-state index is 0.00855. The summed E-state index contributed by atoms with van der Waals surface area (Å²) in [4.78, 5) is 0. The van der Waals surface area contributed by atoms with Crippen LogP contribution < -0.4 is 0 Å². The minimum Gasteiger partial charge on any atom is -0.385 e. The molecule has 7 nitrogen and oxygen atoms in total. The van der Waals surface area contributed by atoms with Gasteiger partial charge in [-0.15, -0.1) is 0 Å². The summed E-state index contributed by atoms with van der Waals surface area (Å²) in [5.74, 6) is 0. The standard InChI is InChI=1S/C17H26O7/c1-3-21-11-23-15(14(18)16(19)20-2)13-9-10-22-17(24-13)12-7-5-4-6-8-12/h4-8,13-19H,3,9-11H2,1-2H3. The quantitative estimate of drug-likeness (QED) is 0.515. The van der Waals surface area contributed by atoms with Crippen molar-refractivity contribution >= 4 is 0 Å². The monoisotopic (exact) mass is 342 g/mol. The van der Waals surface area contributed by atoms with Gasteiger partial charge in [0, 0.05) is 19.3 Å². The second-order valence-corrected chi connectivity index (χ2v) is 5.44. The van der Waals surface area contributed by atoms with Crippen molar-refractivity contribution in [1.82, 2.24) is 0 Å². The molecule has 1 aliphatic rings. The van der Waals surface area contributed by atoms with Gasteiger partial charge in [0.15, 0.2) is 12.6 Å². The molecule has 24 heavy (non-hydrogen) atoms. The Kier molecular flexibility index (Phi) is 8.07. The number of hydrogen-bond donors (Lipinski definition) is 2. The maximum absolute atomic E-state index is 10.3. The zero-order chi connectivity index (χ0) is 17.4. The molecule has 0 aromatic heterocycles. The number of benzene rings is 1. The van der Waals surface area contributed by atoms with Crippen LogP contribution in [0.25, 0.3) is 0 Å². The van der Waals surface area contributed by atoms with Crippen molar-refractivity contribution in [2.24, 2.45) is 0 Å². The first-order valence-corrected chi connectivity index (χ1v) is 8.07. The summed E-state index contributed by atoms with van der Waals surface area (Å²) in [7, 11) is 1.31. The van der Waals surface area contributed by atoms with E-state index in [0.717, 1.165) is 5.56 Å². The Morgan fingerprint density at radius 2 is 2.00 bits per heavy atom. The molecule has 136 valence electrons. The molecular weight excluding hydrogens is 316 g/mol. The summed E-state index contributed by atoms with van der Waals surface area (Å²) in [5, 5.41) is 20.1. The molecule has 1 fully saturated rings. The van der Waals surface area contributed by atoms with Crippen LogP contribution in [0.15, 0.2) is 30.3 Å². The van der Waals surface area contributed by atoms with Crippen molar-refractivity contribution in [3.05, 3.63) is 35.9 Å². The summed E-state index contributed by atoms with van der Waals surface area (Å²) < 4.78 is 27.2. The zero-order valence-electron chi connectivity index (χ0n) is 14.0. The Labute approximate surface area is 142 Å². The molecule has 0 spiro atoms. The zero-order valence-corrected chi connectivity index (χ0v) is 14.0. The van der Waals surface area contributed by atoms with Crippen LogP contribution in [0.4, 0.5) is 0 Å². The molecule has 0 bridgehead atoms. The highest BCUT2D eigenvalue weighted by atomic mass is 16.7. The smallest absolute Gasteiger partial charge is 0.184 e. The van der Waals surface area contributed by atoms with Crippen molar-refractivity contribution in [3.63, 3.8) is 0 Å². The molecule has 0 aliphatic carbocycles. The number of aliphatic hydroxyl groups excluding tert-OH is 2. The van der Waals surface area contributed by atoms with Crippen molar-refractivity contribution in [2.75, 3.05) is 27.1 Å². The van der Waals surface area contributed by atoms with Gasteiger partial charge in [-0.2, -0.15) is 0 Å². The van der Waals surface area contributed by atoms with E-state index in [1.807, 2.05) is 37.3 Å². The molecule has 0 saturated carbocycles. The van der Waals surface area contributed by atoms with Crippen molar-refractivity contribution < 1.29 is 33.9 Å². The van der Waals surface area contributed by atoms with Gasteiger partial charge in [0.25, 0.3) is 0 Å². The molecule has 5 unspecified atom stereocenters. The van der Waals surface area contributed by atoms with Gasteiger partial charge in [-0.05, 0) is 13.3 Å². The van der Waals surface area contributed by atoms with Gasteiger partial charge in [-0.1, -0.05) is 30.3 Å². The van der Waals surface area contributed by atoms with Crippen LogP contribution in [0.3, 0.4) is 0 Å². The largest absolute Gasteiger partial charge is 0.385 e. The van der Waals surface area contributed by atoms with Crippen LogP contribution in [0.1, 0.15) is 25.2 Å². The number of ether oxygens (including phenoxy) is 5. The molecule has 1 aliphatic heterocycles. The topological polar surface area (TPSA) is 86.6 Å². The van der Waals surface area contributed by atoms with Gasteiger partial charge in [0.05, 0.1) is 12.7 Å². The van der Waals surface area contributed by atoms with E-state index in [-0.39, 0.29) is 6.79 Å². The third-order valence-electron chi connectivity index (χ3n) is 3.83. The lowest BCUT2D eigenvalue weighted by atomic mass is 10.0. The van der Waals surface area contributed by atoms with Crippen LogP contribution >= 0.6 is 0 Å². The van der Waals surface area contributed by atoms with E-state index < -0.39 is 30.9 Å². The third-order valence-corrected chi connectivity index (χ3v) is 3.83. The van der Waals surface area contributed by atoms with E-state index in [1.165, 1.54) is 7.11 Å². The van der Waals surface area contributed by atoms with Crippen LogP contribution in [-0.2, 0) is 23.7 Å².